The fourth-order valence-corrected chi connectivity index (χ4v) is 4.37. The molecule has 140 valence electrons. The van der Waals surface area contributed by atoms with Gasteiger partial charge in [0.25, 0.3) is 0 Å². The third kappa shape index (κ3) is 4.16. The van der Waals surface area contributed by atoms with E-state index in [1.54, 1.807) is 24.5 Å². The molecule has 0 radical (unpaired) electrons. The van der Waals surface area contributed by atoms with Crippen molar-refractivity contribution in [1.82, 2.24) is 9.29 Å². The highest BCUT2D eigenvalue weighted by Crippen LogP contribution is 2.31. The number of pyridine rings is 1. The highest BCUT2D eigenvalue weighted by atomic mass is 32.2. The molecule has 1 aromatic carbocycles. The van der Waals surface area contributed by atoms with Gasteiger partial charge in [-0.25, -0.2) is 8.42 Å². The van der Waals surface area contributed by atoms with Gasteiger partial charge in [-0.2, -0.15) is 17.5 Å². The van der Waals surface area contributed by atoms with E-state index in [-0.39, 0.29) is 24.1 Å². The van der Waals surface area contributed by atoms with Gasteiger partial charge in [-0.1, -0.05) is 6.07 Å². The number of piperidine rings is 1. The van der Waals surface area contributed by atoms with E-state index < -0.39 is 21.8 Å². The molecule has 1 aliphatic rings. The summed E-state index contributed by atoms with van der Waals surface area (Å²) >= 11 is 0. The second-order valence-electron chi connectivity index (χ2n) is 5.95. The summed E-state index contributed by atoms with van der Waals surface area (Å²) in [5.74, 6) is 0.573. The molecule has 0 amide bonds. The molecule has 0 spiro atoms. The molecular weight excluding hydrogens is 369 g/mol. The van der Waals surface area contributed by atoms with Gasteiger partial charge in [0.1, 0.15) is 11.9 Å². The van der Waals surface area contributed by atoms with Crippen molar-refractivity contribution >= 4 is 10.0 Å². The fourth-order valence-electron chi connectivity index (χ4n) is 2.81. The van der Waals surface area contributed by atoms with Crippen LogP contribution in [0.1, 0.15) is 18.4 Å². The van der Waals surface area contributed by atoms with Crippen LogP contribution >= 0.6 is 0 Å². The van der Waals surface area contributed by atoms with Crippen molar-refractivity contribution in [3.63, 3.8) is 0 Å². The summed E-state index contributed by atoms with van der Waals surface area (Å²) < 4.78 is 71.1. The molecule has 2 heterocycles. The number of halogens is 3. The molecule has 9 heteroatoms. The van der Waals surface area contributed by atoms with Crippen molar-refractivity contribution < 1.29 is 26.3 Å². The zero-order valence-corrected chi connectivity index (χ0v) is 14.5. The van der Waals surface area contributed by atoms with E-state index in [4.69, 9.17) is 4.74 Å². The minimum Gasteiger partial charge on any atom is -0.489 e. The summed E-state index contributed by atoms with van der Waals surface area (Å²) in [6, 6.07) is 7.14. The SMILES string of the molecule is O=S(=O)(c1cccc(C(F)(F)F)c1)N1CCC[C@@H](Oc2ccncc2)C1. The molecule has 26 heavy (non-hydrogen) atoms. The molecule has 3 rings (SSSR count). The van der Waals surface area contributed by atoms with Crippen LogP contribution in [0.15, 0.2) is 53.7 Å². The standard InChI is InChI=1S/C17H17F3N2O3S/c18-17(19,20)13-3-1-5-16(11-13)26(23,24)22-10-2-4-15(12-22)25-14-6-8-21-9-7-14/h1,3,5-9,11,15H,2,4,10,12H2/t15-/m1/s1. The van der Waals surface area contributed by atoms with E-state index in [9.17, 15) is 21.6 Å². The maximum atomic E-state index is 12.9. The number of alkyl halides is 3. The quantitative estimate of drug-likeness (QED) is 0.809. The van der Waals surface area contributed by atoms with Crippen LogP contribution in [0.4, 0.5) is 13.2 Å². The largest absolute Gasteiger partial charge is 0.489 e. The van der Waals surface area contributed by atoms with Crippen LogP contribution in [0.3, 0.4) is 0 Å². The number of rotatable bonds is 4. The number of hydrogen-bond acceptors (Lipinski definition) is 4. The molecule has 1 aromatic heterocycles. The van der Waals surface area contributed by atoms with Crippen molar-refractivity contribution in [3.8, 4) is 5.75 Å². The van der Waals surface area contributed by atoms with E-state index >= 15 is 0 Å². The van der Waals surface area contributed by atoms with Gasteiger partial charge in [-0.3, -0.25) is 4.98 Å². The predicted molar refractivity (Wildman–Crippen MR) is 88.1 cm³/mol. The second-order valence-corrected chi connectivity index (χ2v) is 7.89. The number of aromatic nitrogens is 1. The molecule has 1 fully saturated rings. The lowest BCUT2D eigenvalue weighted by atomic mass is 10.1. The Morgan fingerprint density at radius 2 is 1.88 bits per heavy atom. The first-order valence-electron chi connectivity index (χ1n) is 8.01. The minimum absolute atomic E-state index is 0.0842. The molecule has 0 aliphatic carbocycles. The van der Waals surface area contributed by atoms with Crippen molar-refractivity contribution in [2.24, 2.45) is 0 Å². The van der Waals surface area contributed by atoms with Crippen LogP contribution in [0.25, 0.3) is 0 Å². The van der Waals surface area contributed by atoms with Gasteiger partial charge in [-0.15, -0.1) is 0 Å². The van der Waals surface area contributed by atoms with Gasteiger partial charge < -0.3 is 4.74 Å². The Labute approximate surface area is 149 Å². The topological polar surface area (TPSA) is 59.5 Å². The summed E-state index contributed by atoms with van der Waals surface area (Å²) in [7, 11) is -4.03. The van der Waals surface area contributed by atoms with Crippen LogP contribution in [0, 0.1) is 0 Å². The molecule has 1 aliphatic heterocycles. The normalized spacial score (nSPS) is 19.3. The monoisotopic (exact) mass is 386 g/mol. The Bertz CT molecular complexity index is 857. The zero-order valence-electron chi connectivity index (χ0n) is 13.7. The number of hydrogen-bond donors (Lipinski definition) is 0. The van der Waals surface area contributed by atoms with E-state index in [2.05, 4.69) is 4.98 Å². The Balaban J connectivity index is 1.79. The predicted octanol–water partition coefficient (Wildman–Crippen LogP) is 3.33. The number of nitrogens with zero attached hydrogens (tertiary/aromatic N) is 2. The Kier molecular flexibility index (Phi) is 5.19. The van der Waals surface area contributed by atoms with Crippen LogP contribution in [-0.4, -0.2) is 36.9 Å². The van der Waals surface area contributed by atoms with Gasteiger partial charge in [0.15, 0.2) is 0 Å². The van der Waals surface area contributed by atoms with Crippen molar-refractivity contribution in [1.29, 1.82) is 0 Å². The average Bonchev–Trinajstić information content (AvgIpc) is 2.62. The third-order valence-corrected chi connectivity index (χ3v) is 5.95. The number of benzene rings is 1. The van der Waals surface area contributed by atoms with Gasteiger partial charge in [0.2, 0.25) is 10.0 Å². The lowest BCUT2D eigenvalue weighted by molar-refractivity contribution is -0.137. The first-order valence-corrected chi connectivity index (χ1v) is 9.45. The number of sulfonamides is 1. The fraction of sp³-hybridized carbons (Fsp3) is 0.353. The van der Waals surface area contributed by atoms with Crippen LogP contribution < -0.4 is 4.74 Å². The molecule has 1 saturated heterocycles. The average molecular weight is 386 g/mol. The summed E-state index contributed by atoms with van der Waals surface area (Å²) in [5.41, 5.74) is -0.986. The second kappa shape index (κ2) is 7.24. The Hall–Kier alpha value is -2.13. The van der Waals surface area contributed by atoms with Gasteiger partial charge in [0.05, 0.1) is 17.0 Å². The summed E-state index contributed by atoms with van der Waals surface area (Å²) in [6.45, 7) is 0.329. The molecular formula is C17H17F3N2O3S. The minimum atomic E-state index is -4.60. The molecule has 5 nitrogen and oxygen atoms in total. The number of ether oxygens (including phenoxy) is 1. The molecule has 0 N–H and O–H groups in total. The Morgan fingerprint density at radius 3 is 2.58 bits per heavy atom. The van der Waals surface area contributed by atoms with Crippen LogP contribution in [0.2, 0.25) is 0 Å². The van der Waals surface area contributed by atoms with Gasteiger partial charge in [-0.05, 0) is 43.2 Å². The Morgan fingerprint density at radius 1 is 1.15 bits per heavy atom. The summed E-state index contributed by atoms with van der Waals surface area (Å²) in [4.78, 5) is 3.52. The molecule has 0 unspecified atom stereocenters. The molecule has 0 bridgehead atoms. The highest BCUT2D eigenvalue weighted by Gasteiger charge is 2.35. The smallest absolute Gasteiger partial charge is 0.416 e. The summed E-state index contributed by atoms with van der Waals surface area (Å²) in [5, 5.41) is 0. The van der Waals surface area contributed by atoms with Crippen molar-refractivity contribution in [3.05, 3.63) is 54.4 Å². The van der Waals surface area contributed by atoms with E-state index in [0.717, 1.165) is 12.1 Å². The maximum absolute atomic E-state index is 12.9. The summed E-state index contributed by atoms with van der Waals surface area (Å²) in [6.07, 6.45) is -0.609. The van der Waals surface area contributed by atoms with Crippen LogP contribution in [-0.2, 0) is 16.2 Å². The first-order chi connectivity index (χ1) is 12.3. The van der Waals surface area contributed by atoms with Crippen molar-refractivity contribution in [2.45, 2.75) is 30.0 Å². The van der Waals surface area contributed by atoms with E-state index in [1.165, 1.54) is 10.4 Å². The molecule has 1 atom stereocenters. The lowest BCUT2D eigenvalue weighted by Crippen LogP contribution is -2.44. The molecule has 0 saturated carbocycles. The third-order valence-electron chi connectivity index (χ3n) is 4.09. The zero-order chi connectivity index (χ0) is 18.8. The first kappa shape index (κ1) is 18.7. The van der Waals surface area contributed by atoms with Gasteiger partial charge in [0, 0.05) is 18.9 Å². The maximum Gasteiger partial charge on any atom is 0.416 e. The molecule has 2 aromatic rings. The van der Waals surface area contributed by atoms with E-state index in [1.807, 2.05) is 0 Å². The van der Waals surface area contributed by atoms with Crippen LogP contribution in [0.5, 0.6) is 5.75 Å². The van der Waals surface area contributed by atoms with Gasteiger partial charge >= 0.3 is 6.18 Å². The lowest BCUT2D eigenvalue weighted by Gasteiger charge is -2.32. The van der Waals surface area contributed by atoms with E-state index in [0.29, 0.717) is 24.7 Å². The highest BCUT2D eigenvalue weighted by molar-refractivity contribution is 7.89. The van der Waals surface area contributed by atoms with Crippen molar-refractivity contribution in [2.75, 3.05) is 13.1 Å².